The Hall–Kier alpha value is -1.78. The molecule has 0 aliphatic carbocycles. The SMILES string of the molecule is CCOC(=O)Nc1ccc(N2CCCCC2CC)cn1. The van der Waals surface area contributed by atoms with Crippen molar-refractivity contribution < 1.29 is 9.53 Å². The molecule has 1 aromatic rings. The number of rotatable bonds is 4. The van der Waals surface area contributed by atoms with Gasteiger partial charge in [-0.1, -0.05) is 6.92 Å². The Bertz CT molecular complexity index is 433. The van der Waals surface area contributed by atoms with Crippen LogP contribution in [0.1, 0.15) is 39.5 Å². The maximum Gasteiger partial charge on any atom is 0.412 e. The lowest BCUT2D eigenvalue weighted by Gasteiger charge is -2.37. The largest absolute Gasteiger partial charge is 0.450 e. The lowest BCUT2D eigenvalue weighted by Crippen LogP contribution is -2.39. The van der Waals surface area contributed by atoms with Gasteiger partial charge in [0.05, 0.1) is 18.5 Å². The van der Waals surface area contributed by atoms with Crippen molar-refractivity contribution in [3.8, 4) is 0 Å². The van der Waals surface area contributed by atoms with Gasteiger partial charge in [0, 0.05) is 12.6 Å². The number of ether oxygens (including phenoxy) is 1. The molecular weight excluding hydrogens is 254 g/mol. The smallest absolute Gasteiger partial charge is 0.412 e. The Morgan fingerprint density at radius 2 is 2.30 bits per heavy atom. The van der Waals surface area contributed by atoms with Gasteiger partial charge in [0.15, 0.2) is 0 Å². The Labute approximate surface area is 120 Å². The van der Waals surface area contributed by atoms with Crippen LogP contribution in [-0.4, -0.2) is 30.3 Å². The summed E-state index contributed by atoms with van der Waals surface area (Å²) in [5, 5.41) is 2.61. The van der Waals surface area contributed by atoms with E-state index in [4.69, 9.17) is 4.74 Å². The Balaban J connectivity index is 2.01. The fourth-order valence-electron chi connectivity index (χ4n) is 2.67. The molecule has 1 aromatic heterocycles. The number of carbonyl (C=O) groups is 1. The van der Waals surface area contributed by atoms with Crippen LogP contribution in [-0.2, 0) is 4.74 Å². The minimum Gasteiger partial charge on any atom is -0.450 e. The molecule has 20 heavy (non-hydrogen) atoms. The molecule has 1 unspecified atom stereocenters. The molecule has 110 valence electrons. The molecule has 0 bridgehead atoms. The highest BCUT2D eigenvalue weighted by Crippen LogP contribution is 2.26. The summed E-state index contributed by atoms with van der Waals surface area (Å²) in [5.74, 6) is 0.525. The highest BCUT2D eigenvalue weighted by atomic mass is 16.5. The summed E-state index contributed by atoms with van der Waals surface area (Å²) in [7, 11) is 0. The van der Waals surface area contributed by atoms with E-state index in [1.807, 2.05) is 18.3 Å². The van der Waals surface area contributed by atoms with Crippen LogP contribution in [0.2, 0.25) is 0 Å². The molecule has 1 aliphatic heterocycles. The van der Waals surface area contributed by atoms with Crippen molar-refractivity contribution in [1.29, 1.82) is 0 Å². The second kappa shape index (κ2) is 7.12. The van der Waals surface area contributed by atoms with Crippen molar-refractivity contribution in [2.75, 3.05) is 23.4 Å². The number of pyridine rings is 1. The second-order valence-electron chi connectivity index (χ2n) is 5.00. The number of hydrogen-bond acceptors (Lipinski definition) is 4. The van der Waals surface area contributed by atoms with Crippen molar-refractivity contribution in [3.05, 3.63) is 18.3 Å². The predicted molar refractivity (Wildman–Crippen MR) is 80.2 cm³/mol. The van der Waals surface area contributed by atoms with Crippen LogP contribution in [0, 0.1) is 0 Å². The first-order valence-corrected chi connectivity index (χ1v) is 7.41. The van der Waals surface area contributed by atoms with E-state index in [1.54, 1.807) is 6.92 Å². The van der Waals surface area contributed by atoms with Crippen LogP contribution < -0.4 is 10.2 Å². The first-order chi connectivity index (χ1) is 9.74. The first-order valence-electron chi connectivity index (χ1n) is 7.41. The van der Waals surface area contributed by atoms with Crippen LogP contribution in [0.4, 0.5) is 16.3 Å². The van der Waals surface area contributed by atoms with E-state index >= 15 is 0 Å². The van der Waals surface area contributed by atoms with Crippen LogP contribution in [0.5, 0.6) is 0 Å². The lowest BCUT2D eigenvalue weighted by atomic mass is 9.99. The molecule has 0 spiro atoms. The molecule has 1 amide bonds. The molecule has 0 saturated carbocycles. The van der Waals surface area contributed by atoms with Crippen molar-refractivity contribution >= 4 is 17.6 Å². The maximum atomic E-state index is 11.3. The molecule has 2 heterocycles. The van der Waals surface area contributed by atoms with Crippen molar-refractivity contribution in [1.82, 2.24) is 4.98 Å². The van der Waals surface area contributed by atoms with Crippen LogP contribution in [0.3, 0.4) is 0 Å². The molecule has 1 saturated heterocycles. The van der Waals surface area contributed by atoms with Crippen LogP contribution in [0.25, 0.3) is 0 Å². The normalized spacial score (nSPS) is 18.7. The molecule has 5 heteroatoms. The van der Waals surface area contributed by atoms with Gasteiger partial charge in [0.1, 0.15) is 5.82 Å². The third kappa shape index (κ3) is 3.62. The minimum absolute atomic E-state index is 0.357. The van der Waals surface area contributed by atoms with E-state index in [2.05, 4.69) is 22.1 Å². The monoisotopic (exact) mass is 277 g/mol. The fourth-order valence-corrected chi connectivity index (χ4v) is 2.67. The number of hydrogen-bond donors (Lipinski definition) is 1. The molecular formula is C15H23N3O2. The number of carbonyl (C=O) groups excluding carboxylic acids is 1. The molecule has 1 aliphatic rings. The quantitative estimate of drug-likeness (QED) is 0.916. The Kier molecular flexibility index (Phi) is 5.21. The highest BCUT2D eigenvalue weighted by molar-refractivity contribution is 5.83. The van der Waals surface area contributed by atoms with E-state index in [0.717, 1.165) is 18.7 Å². The van der Waals surface area contributed by atoms with Gasteiger partial charge in [0.2, 0.25) is 0 Å². The first kappa shape index (κ1) is 14.6. The van der Waals surface area contributed by atoms with Crippen molar-refractivity contribution in [3.63, 3.8) is 0 Å². The molecule has 1 atom stereocenters. The lowest BCUT2D eigenvalue weighted by molar-refractivity contribution is 0.168. The predicted octanol–water partition coefficient (Wildman–Crippen LogP) is 3.42. The summed E-state index contributed by atoms with van der Waals surface area (Å²) in [6.45, 7) is 5.45. The van der Waals surface area contributed by atoms with Crippen LogP contribution >= 0.6 is 0 Å². The van der Waals surface area contributed by atoms with Gasteiger partial charge >= 0.3 is 6.09 Å². The van der Waals surface area contributed by atoms with E-state index in [-0.39, 0.29) is 0 Å². The number of nitrogens with one attached hydrogen (secondary N) is 1. The van der Waals surface area contributed by atoms with Crippen molar-refractivity contribution in [2.45, 2.75) is 45.6 Å². The van der Waals surface area contributed by atoms with Gasteiger partial charge in [0.25, 0.3) is 0 Å². The van der Waals surface area contributed by atoms with Gasteiger partial charge in [-0.3, -0.25) is 5.32 Å². The number of aromatic nitrogens is 1. The molecule has 5 nitrogen and oxygen atoms in total. The van der Waals surface area contributed by atoms with E-state index < -0.39 is 6.09 Å². The Morgan fingerprint density at radius 3 is 2.95 bits per heavy atom. The molecule has 1 fully saturated rings. The molecule has 1 N–H and O–H groups in total. The van der Waals surface area contributed by atoms with Gasteiger partial charge in [-0.05, 0) is 44.7 Å². The third-order valence-electron chi connectivity index (χ3n) is 3.68. The zero-order valence-electron chi connectivity index (χ0n) is 12.3. The molecule has 2 rings (SSSR count). The van der Waals surface area contributed by atoms with Gasteiger partial charge in [-0.2, -0.15) is 0 Å². The summed E-state index contributed by atoms with van der Waals surface area (Å²) in [6.07, 6.45) is 6.32. The summed E-state index contributed by atoms with van der Waals surface area (Å²) in [5.41, 5.74) is 1.13. The fraction of sp³-hybridized carbons (Fsp3) is 0.600. The number of piperidine rings is 1. The highest BCUT2D eigenvalue weighted by Gasteiger charge is 2.21. The van der Waals surface area contributed by atoms with E-state index in [9.17, 15) is 4.79 Å². The number of nitrogens with zero attached hydrogens (tertiary/aromatic N) is 2. The van der Waals surface area contributed by atoms with E-state index in [1.165, 1.54) is 19.3 Å². The average Bonchev–Trinajstić information content (AvgIpc) is 2.48. The topological polar surface area (TPSA) is 54.5 Å². The third-order valence-corrected chi connectivity index (χ3v) is 3.68. The van der Waals surface area contributed by atoms with Gasteiger partial charge in [-0.25, -0.2) is 9.78 Å². The summed E-state index contributed by atoms with van der Waals surface area (Å²) in [6, 6.07) is 4.45. The van der Waals surface area contributed by atoms with Gasteiger partial charge < -0.3 is 9.64 Å². The molecule has 0 aromatic carbocycles. The van der Waals surface area contributed by atoms with Crippen LogP contribution in [0.15, 0.2) is 18.3 Å². The second-order valence-corrected chi connectivity index (χ2v) is 5.00. The Morgan fingerprint density at radius 1 is 1.45 bits per heavy atom. The zero-order valence-corrected chi connectivity index (χ0v) is 12.3. The standard InChI is InChI=1S/C15H23N3O2/c1-3-12-7-5-6-10-18(12)13-8-9-14(16-11-13)17-15(19)20-4-2/h8-9,11-12H,3-7,10H2,1-2H3,(H,16,17,19). The molecule has 0 radical (unpaired) electrons. The summed E-state index contributed by atoms with van der Waals surface area (Å²) >= 11 is 0. The zero-order chi connectivity index (χ0) is 14.4. The van der Waals surface area contributed by atoms with Crippen molar-refractivity contribution in [2.24, 2.45) is 0 Å². The van der Waals surface area contributed by atoms with Gasteiger partial charge in [-0.15, -0.1) is 0 Å². The maximum absolute atomic E-state index is 11.3. The minimum atomic E-state index is -0.461. The number of amides is 1. The number of anilines is 2. The summed E-state index contributed by atoms with van der Waals surface area (Å²) in [4.78, 5) is 18.0. The average molecular weight is 277 g/mol. The summed E-state index contributed by atoms with van der Waals surface area (Å²) < 4.78 is 4.83. The van der Waals surface area contributed by atoms with E-state index in [0.29, 0.717) is 18.5 Å².